The zero-order chi connectivity index (χ0) is 7.11. The van der Waals surface area contributed by atoms with Crippen molar-refractivity contribution in [2.75, 3.05) is 13.2 Å². The van der Waals surface area contributed by atoms with Gasteiger partial charge in [0.1, 0.15) is 0 Å². The first kappa shape index (κ1) is 8.92. The second-order valence-corrected chi connectivity index (χ2v) is 2.05. The van der Waals surface area contributed by atoms with E-state index >= 15 is 0 Å². The Kier molecular flexibility index (Phi) is 5.99. The highest BCUT2D eigenvalue weighted by Crippen LogP contribution is 1.99. The van der Waals surface area contributed by atoms with E-state index in [4.69, 9.17) is 9.84 Å². The van der Waals surface area contributed by atoms with E-state index in [0.29, 0.717) is 6.61 Å². The molecule has 0 saturated heterocycles. The number of rotatable bonds is 5. The number of hydrogen-bond acceptors (Lipinski definition) is 2. The van der Waals surface area contributed by atoms with Crippen molar-refractivity contribution in [3.63, 3.8) is 0 Å². The molecule has 0 aromatic carbocycles. The van der Waals surface area contributed by atoms with Crippen molar-refractivity contribution in [1.82, 2.24) is 0 Å². The Morgan fingerprint density at radius 1 is 1.44 bits per heavy atom. The van der Waals surface area contributed by atoms with Crippen LogP contribution in [0.3, 0.4) is 0 Å². The van der Waals surface area contributed by atoms with Crippen molar-refractivity contribution in [3.05, 3.63) is 0 Å². The Morgan fingerprint density at radius 2 is 2.11 bits per heavy atom. The molecule has 0 amide bonds. The van der Waals surface area contributed by atoms with Crippen LogP contribution in [0.15, 0.2) is 0 Å². The Balaban J connectivity index is 3.18. The van der Waals surface area contributed by atoms with Gasteiger partial charge < -0.3 is 9.84 Å². The van der Waals surface area contributed by atoms with E-state index in [1.807, 2.05) is 6.92 Å². The molecule has 0 heterocycles. The van der Waals surface area contributed by atoms with Crippen LogP contribution in [0.2, 0.25) is 0 Å². The molecule has 0 unspecified atom stereocenters. The number of aliphatic hydroxyl groups is 1. The summed E-state index contributed by atoms with van der Waals surface area (Å²) in [4.78, 5) is 0. The number of ether oxygens (including phenoxy) is 1. The molecule has 1 N–H and O–H groups in total. The molecule has 0 rings (SSSR count). The second kappa shape index (κ2) is 6.05. The lowest BCUT2D eigenvalue weighted by Gasteiger charge is -2.11. The minimum atomic E-state index is 0.0694. The van der Waals surface area contributed by atoms with Gasteiger partial charge in [0.05, 0.1) is 12.7 Å². The molecule has 0 aliphatic rings. The van der Waals surface area contributed by atoms with Gasteiger partial charge in [0, 0.05) is 6.61 Å². The predicted octanol–water partition coefficient (Wildman–Crippen LogP) is 1.18. The Hall–Kier alpha value is -0.0800. The molecule has 1 atom stereocenters. The monoisotopic (exact) mass is 132 g/mol. The zero-order valence-corrected chi connectivity index (χ0v) is 6.26. The minimum absolute atomic E-state index is 0.0694. The van der Waals surface area contributed by atoms with Crippen molar-refractivity contribution >= 4 is 0 Å². The van der Waals surface area contributed by atoms with Gasteiger partial charge in [-0.05, 0) is 13.3 Å². The molecule has 9 heavy (non-hydrogen) atoms. The van der Waals surface area contributed by atoms with Crippen LogP contribution in [0.5, 0.6) is 0 Å². The normalized spacial score (nSPS) is 13.7. The van der Waals surface area contributed by atoms with Crippen molar-refractivity contribution in [1.29, 1.82) is 0 Å². The highest BCUT2D eigenvalue weighted by Gasteiger charge is 2.02. The van der Waals surface area contributed by atoms with E-state index in [1.54, 1.807) is 0 Å². The zero-order valence-electron chi connectivity index (χ0n) is 6.26. The maximum Gasteiger partial charge on any atom is 0.0805 e. The van der Waals surface area contributed by atoms with Crippen LogP contribution in [-0.4, -0.2) is 24.4 Å². The van der Waals surface area contributed by atoms with E-state index in [2.05, 4.69) is 6.92 Å². The fourth-order valence-electron chi connectivity index (χ4n) is 0.785. The third-order valence-electron chi connectivity index (χ3n) is 1.22. The quantitative estimate of drug-likeness (QED) is 0.608. The first-order chi connectivity index (χ1) is 4.35. The largest absolute Gasteiger partial charge is 0.394 e. The summed E-state index contributed by atoms with van der Waals surface area (Å²) in [6.45, 7) is 4.88. The van der Waals surface area contributed by atoms with Crippen molar-refractivity contribution in [3.8, 4) is 0 Å². The molecule has 0 radical (unpaired) electrons. The van der Waals surface area contributed by atoms with Crippen molar-refractivity contribution in [2.45, 2.75) is 32.8 Å². The van der Waals surface area contributed by atoms with Gasteiger partial charge >= 0.3 is 0 Å². The lowest BCUT2D eigenvalue weighted by atomic mass is 10.2. The van der Waals surface area contributed by atoms with Gasteiger partial charge in [-0.15, -0.1) is 0 Å². The van der Waals surface area contributed by atoms with Crippen LogP contribution in [0.1, 0.15) is 26.7 Å². The van der Waals surface area contributed by atoms with Crippen LogP contribution in [0.25, 0.3) is 0 Å². The lowest BCUT2D eigenvalue weighted by Crippen LogP contribution is -2.16. The molecule has 2 nitrogen and oxygen atoms in total. The summed E-state index contributed by atoms with van der Waals surface area (Å²) >= 11 is 0. The predicted molar refractivity (Wildman–Crippen MR) is 37.4 cm³/mol. The molecule has 0 spiro atoms. The first-order valence-electron chi connectivity index (χ1n) is 3.57. The molecule has 56 valence electrons. The third-order valence-corrected chi connectivity index (χ3v) is 1.22. The topological polar surface area (TPSA) is 29.5 Å². The fraction of sp³-hybridized carbons (Fsp3) is 1.00. The van der Waals surface area contributed by atoms with Crippen molar-refractivity contribution in [2.24, 2.45) is 0 Å². The van der Waals surface area contributed by atoms with Gasteiger partial charge in [-0.2, -0.15) is 0 Å². The standard InChI is InChI=1S/C7H16O2/c1-3-5-7(6-8)9-4-2/h7-8H,3-6H2,1-2H3/t7-/m0/s1. The fourth-order valence-corrected chi connectivity index (χ4v) is 0.785. The van der Waals surface area contributed by atoms with E-state index in [1.165, 1.54) is 0 Å². The SMILES string of the molecule is CCC[C@@H](CO)OCC. The van der Waals surface area contributed by atoms with Gasteiger partial charge in [0.15, 0.2) is 0 Å². The van der Waals surface area contributed by atoms with Crippen LogP contribution in [0.4, 0.5) is 0 Å². The van der Waals surface area contributed by atoms with Crippen LogP contribution in [-0.2, 0) is 4.74 Å². The summed E-state index contributed by atoms with van der Waals surface area (Å²) in [5, 5.41) is 8.66. The molecular weight excluding hydrogens is 116 g/mol. The van der Waals surface area contributed by atoms with Crippen LogP contribution < -0.4 is 0 Å². The van der Waals surface area contributed by atoms with Gasteiger partial charge in [0.25, 0.3) is 0 Å². The maximum absolute atomic E-state index is 8.66. The molecule has 0 aliphatic heterocycles. The molecule has 0 saturated carbocycles. The third kappa shape index (κ3) is 4.43. The number of hydrogen-bond donors (Lipinski definition) is 1. The summed E-state index contributed by atoms with van der Waals surface area (Å²) in [7, 11) is 0. The van der Waals surface area contributed by atoms with E-state index in [9.17, 15) is 0 Å². The average molecular weight is 132 g/mol. The van der Waals surface area contributed by atoms with Gasteiger partial charge in [-0.1, -0.05) is 13.3 Å². The van der Waals surface area contributed by atoms with Gasteiger partial charge in [-0.3, -0.25) is 0 Å². The minimum Gasteiger partial charge on any atom is -0.394 e. The molecule has 0 aliphatic carbocycles. The molecule has 0 bridgehead atoms. The molecule has 0 fully saturated rings. The van der Waals surface area contributed by atoms with E-state index in [0.717, 1.165) is 12.8 Å². The Morgan fingerprint density at radius 3 is 2.44 bits per heavy atom. The smallest absolute Gasteiger partial charge is 0.0805 e. The Bertz CT molecular complexity index is 48.9. The molecule has 2 heteroatoms. The van der Waals surface area contributed by atoms with Crippen LogP contribution in [0, 0.1) is 0 Å². The molecular formula is C7H16O2. The maximum atomic E-state index is 8.66. The highest BCUT2D eigenvalue weighted by molar-refractivity contribution is 4.52. The summed E-state index contributed by atoms with van der Waals surface area (Å²) in [6, 6.07) is 0. The first-order valence-corrected chi connectivity index (χ1v) is 3.57. The summed E-state index contributed by atoms with van der Waals surface area (Å²) in [6.07, 6.45) is 2.11. The van der Waals surface area contributed by atoms with Crippen LogP contribution >= 0.6 is 0 Å². The van der Waals surface area contributed by atoms with E-state index < -0.39 is 0 Å². The molecule has 0 aromatic rings. The molecule has 0 aromatic heterocycles. The van der Waals surface area contributed by atoms with Crippen molar-refractivity contribution < 1.29 is 9.84 Å². The highest BCUT2D eigenvalue weighted by atomic mass is 16.5. The number of aliphatic hydroxyl groups excluding tert-OH is 1. The van der Waals surface area contributed by atoms with Gasteiger partial charge in [0.2, 0.25) is 0 Å². The lowest BCUT2D eigenvalue weighted by molar-refractivity contribution is 0.0147. The Labute approximate surface area is 56.8 Å². The van der Waals surface area contributed by atoms with Gasteiger partial charge in [-0.25, -0.2) is 0 Å². The second-order valence-electron chi connectivity index (χ2n) is 2.05. The summed E-state index contributed by atoms with van der Waals surface area (Å²) < 4.78 is 5.18. The van der Waals surface area contributed by atoms with E-state index in [-0.39, 0.29) is 12.7 Å². The summed E-state index contributed by atoms with van der Waals surface area (Å²) in [5.41, 5.74) is 0. The summed E-state index contributed by atoms with van der Waals surface area (Å²) in [5.74, 6) is 0. The average Bonchev–Trinajstić information content (AvgIpc) is 1.88.